The zero-order chi connectivity index (χ0) is 13.8. The molecule has 0 atom stereocenters. The molecule has 0 spiro atoms. The number of anilines is 1. The van der Waals surface area contributed by atoms with Crippen LogP contribution in [0.4, 0.5) is 11.5 Å². The van der Waals surface area contributed by atoms with Crippen LogP contribution in [-0.2, 0) is 6.61 Å². The van der Waals surface area contributed by atoms with E-state index < -0.39 is 4.92 Å². The number of nitrogens with two attached hydrogens (primary N) is 1. The summed E-state index contributed by atoms with van der Waals surface area (Å²) in [6.45, 7) is 0.119. The maximum Gasteiger partial charge on any atom is 0.312 e. The second-order valence-corrected chi connectivity index (χ2v) is 4.63. The number of rotatable bonds is 4. The molecule has 0 saturated heterocycles. The largest absolute Gasteiger partial charge is 0.480 e. The number of hydrogen-bond donors (Lipinski definition) is 1. The van der Waals surface area contributed by atoms with Crippen molar-refractivity contribution in [3.8, 4) is 5.75 Å². The molecule has 0 aliphatic heterocycles. The van der Waals surface area contributed by atoms with Crippen LogP contribution in [-0.4, -0.2) is 9.91 Å². The minimum absolute atomic E-state index is 0.0988. The third-order valence-electron chi connectivity index (χ3n) is 2.32. The normalized spacial score (nSPS) is 10.2. The Morgan fingerprint density at radius 2 is 2.16 bits per heavy atom. The van der Waals surface area contributed by atoms with Gasteiger partial charge in [0.15, 0.2) is 5.75 Å². The first-order chi connectivity index (χ1) is 9.06. The van der Waals surface area contributed by atoms with Gasteiger partial charge < -0.3 is 10.5 Å². The topological polar surface area (TPSA) is 91.3 Å². The predicted octanol–water partition coefficient (Wildman–Crippen LogP) is 2.91. The van der Waals surface area contributed by atoms with Crippen LogP contribution in [0, 0.1) is 10.1 Å². The highest BCUT2D eigenvalue weighted by molar-refractivity contribution is 9.10. The molecule has 0 aliphatic rings. The van der Waals surface area contributed by atoms with Gasteiger partial charge in [-0.3, -0.25) is 10.1 Å². The first-order valence-corrected chi connectivity index (χ1v) is 6.14. The Hall–Kier alpha value is -2.15. The number of ether oxygens (including phenoxy) is 1. The van der Waals surface area contributed by atoms with Crippen molar-refractivity contribution in [2.75, 3.05) is 5.73 Å². The Kier molecular flexibility index (Phi) is 3.96. The highest BCUT2D eigenvalue weighted by Gasteiger charge is 2.15. The van der Waals surface area contributed by atoms with E-state index in [9.17, 15) is 10.1 Å². The summed E-state index contributed by atoms with van der Waals surface area (Å²) in [7, 11) is 0. The van der Waals surface area contributed by atoms with Crippen molar-refractivity contribution < 1.29 is 9.66 Å². The van der Waals surface area contributed by atoms with Crippen LogP contribution < -0.4 is 10.5 Å². The Bertz CT molecular complexity index is 619. The predicted molar refractivity (Wildman–Crippen MR) is 73.8 cm³/mol. The van der Waals surface area contributed by atoms with Gasteiger partial charge in [-0.15, -0.1) is 0 Å². The van der Waals surface area contributed by atoms with Crippen molar-refractivity contribution >= 4 is 27.4 Å². The smallest absolute Gasteiger partial charge is 0.312 e. The van der Waals surface area contributed by atoms with Crippen LogP contribution in [0.15, 0.2) is 40.9 Å². The summed E-state index contributed by atoms with van der Waals surface area (Å²) in [5, 5.41) is 10.9. The van der Waals surface area contributed by atoms with E-state index in [1.165, 1.54) is 12.1 Å². The van der Waals surface area contributed by atoms with Crippen molar-refractivity contribution in [2.24, 2.45) is 0 Å². The molecule has 7 heteroatoms. The third kappa shape index (κ3) is 3.41. The summed E-state index contributed by atoms with van der Waals surface area (Å²) in [6.07, 6.45) is 0. The van der Waals surface area contributed by atoms with E-state index in [-0.39, 0.29) is 18.0 Å². The minimum Gasteiger partial charge on any atom is -0.480 e. The van der Waals surface area contributed by atoms with Gasteiger partial charge in [-0.25, -0.2) is 4.98 Å². The Labute approximate surface area is 117 Å². The van der Waals surface area contributed by atoms with Gasteiger partial charge in [0, 0.05) is 10.5 Å². The van der Waals surface area contributed by atoms with E-state index in [1.54, 1.807) is 24.3 Å². The molecule has 1 aromatic carbocycles. The van der Waals surface area contributed by atoms with Crippen LogP contribution in [0.5, 0.6) is 5.75 Å². The second-order valence-electron chi connectivity index (χ2n) is 3.71. The number of hydrogen-bond acceptors (Lipinski definition) is 5. The van der Waals surface area contributed by atoms with E-state index in [0.717, 1.165) is 0 Å². The zero-order valence-corrected chi connectivity index (χ0v) is 11.3. The molecule has 2 N–H and O–H groups in total. The fourth-order valence-corrected chi connectivity index (χ4v) is 1.83. The summed E-state index contributed by atoms with van der Waals surface area (Å²) in [4.78, 5) is 14.5. The van der Waals surface area contributed by atoms with Gasteiger partial charge in [0.05, 0.1) is 10.6 Å². The maximum atomic E-state index is 10.9. The monoisotopic (exact) mass is 323 g/mol. The summed E-state index contributed by atoms with van der Waals surface area (Å²) >= 11 is 3.18. The lowest BCUT2D eigenvalue weighted by Gasteiger charge is -2.07. The Morgan fingerprint density at radius 1 is 1.37 bits per heavy atom. The third-order valence-corrected chi connectivity index (χ3v) is 2.81. The summed E-state index contributed by atoms with van der Waals surface area (Å²) in [5.41, 5.74) is 6.05. The van der Waals surface area contributed by atoms with Crippen LogP contribution in [0.1, 0.15) is 5.69 Å². The number of pyridine rings is 1. The molecule has 19 heavy (non-hydrogen) atoms. The molecule has 1 aromatic heterocycles. The molecule has 0 fully saturated rings. The molecule has 6 nitrogen and oxygen atoms in total. The molecule has 0 amide bonds. The van der Waals surface area contributed by atoms with Gasteiger partial charge >= 0.3 is 5.69 Å². The number of aromatic nitrogens is 1. The standard InChI is InChI=1S/C12H10BrN3O3/c13-8-4-5-11(10(6-8)16(17)18)19-7-9-2-1-3-12(14)15-9/h1-6H,7H2,(H2,14,15). The Morgan fingerprint density at radius 3 is 2.84 bits per heavy atom. The number of nitro benzene ring substituents is 1. The summed E-state index contributed by atoms with van der Waals surface area (Å²) < 4.78 is 6.03. The van der Waals surface area contributed by atoms with Gasteiger partial charge in [-0.1, -0.05) is 22.0 Å². The van der Waals surface area contributed by atoms with Gasteiger partial charge in [0.2, 0.25) is 0 Å². The van der Waals surface area contributed by atoms with Crippen LogP contribution in [0.3, 0.4) is 0 Å². The van der Waals surface area contributed by atoms with E-state index >= 15 is 0 Å². The van der Waals surface area contributed by atoms with E-state index in [0.29, 0.717) is 16.0 Å². The lowest BCUT2D eigenvalue weighted by molar-refractivity contribution is -0.386. The highest BCUT2D eigenvalue weighted by Crippen LogP contribution is 2.30. The molecular formula is C12H10BrN3O3. The van der Waals surface area contributed by atoms with Gasteiger partial charge in [-0.2, -0.15) is 0 Å². The van der Waals surface area contributed by atoms with Crippen LogP contribution in [0.25, 0.3) is 0 Å². The molecule has 0 saturated carbocycles. The van der Waals surface area contributed by atoms with Gasteiger partial charge in [-0.05, 0) is 24.3 Å². The molecule has 2 rings (SSSR count). The SMILES string of the molecule is Nc1cccc(COc2ccc(Br)cc2[N+](=O)[O-])n1. The maximum absolute atomic E-state index is 10.9. The molecule has 0 radical (unpaired) electrons. The molecule has 0 bridgehead atoms. The number of benzene rings is 1. The summed E-state index contributed by atoms with van der Waals surface area (Å²) in [6, 6.07) is 9.75. The van der Waals surface area contributed by atoms with E-state index in [1.807, 2.05) is 0 Å². The second kappa shape index (κ2) is 5.66. The number of nitrogens with zero attached hydrogens (tertiary/aromatic N) is 2. The van der Waals surface area contributed by atoms with E-state index in [4.69, 9.17) is 10.5 Å². The van der Waals surface area contributed by atoms with Crippen molar-refractivity contribution in [1.82, 2.24) is 4.98 Å². The van der Waals surface area contributed by atoms with Crippen LogP contribution in [0.2, 0.25) is 0 Å². The van der Waals surface area contributed by atoms with Gasteiger partial charge in [0.1, 0.15) is 12.4 Å². The lowest BCUT2D eigenvalue weighted by atomic mass is 10.3. The number of nitrogen functional groups attached to an aromatic ring is 1. The van der Waals surface area contributed by atoms with Crippen molar-refractivity contribution in [3.05, 3.63) is 56.7 Å². The molecule has 98 valence electrons. The van der Waals surface area contributed by atoms with Gasteiger partial charge in [0.25, 0.3) is 0 Å². The fourth-order valence-electron chi connectivity index (χ4n) is 1.49. The molecule has 0 unspecified atom stereocenters. The van der Waals surface area contributed by atoms with Crippen molar-refractivity contribution in [1.29, 1.82) is 0 Å². The number of nitro groups is 1. The van der Waals surface area contributed by atoms with Crippen LogP contribution >= 0.6 is 15.9 Å². The quantitative estimate of drug-likeness (QED) is 0.690. The molecule has 0 aliphatic carbocycles. The van der Waals surface area contributed by atoms with E-state index in [2.05, 4.69) is 20.9 Å². The molecule has 1 heterocycles. The van der Waals surface area contributed by atoms with Crippen molar-refractivity contribution in [3.63, 3.8) is 0 Å². The van der Waals surface area contributed by atoms with Crippen molar-refractivity contribution in [2.45, 2.75) is 6.61 Å². The lowest BCUT2D eigenvalue weighted by Crippen LogP contribution is -2.02. The zero-order valence-electron chi connectivity index (χ0n) is 9.75. The first-order valence-electron chi connectivity index (χ1n) is 5.34. The molecule has 2 aromatic rings. The Balaban J connectivity index is 2.17. The minimum atomic E-state index is -0.493. The summed E-state index contributed by atoms with van der Waals surface area (Å²) in [5.74, 6) is 0.573. The highest BCUT2D eigenvalue weighted by atomic mass is 79.9. The first kappa shape index (κ1) is 13.3. The number of halogens is 1. The molecular weight excluding hydrogens is 314 g/mol. The average molecular weight is 324 g/mol. The fraction of sp³-hybridized carbons (Fsp3) is 0.0833. The average Bonchev–Trinajstić information content (AvgIpc) is 2.37.